The molecular weight excluding hydrogens is 487 g/mol. The van der Waals surface area contributed by atoms with Gasteiger partial charge in [0.05, 0.1) is 32.1 Å². The maximum absolute atomic E-state index is 13.8. The van der Waals surface area contributed by atoms with Crippen molar-refractivity contribution in [2.24, 2.45) is 11.0 Å². The van der Waals surface area contributed by atoms with Crippen molar-refractivity contribution >= 4 is 17.5 Å². The molecule has 2 heterocycles. The summed E-state index contributed by atoms with van der Waals surface area (Å²) >= 11 is 0. The Labute approximate surface area is 223 Å². The minimum Gasteiger partial charge on any atom is -0.497 e. The van der Waals surface area contributed by atoms with E-state index in [1.807, 2.05) is 24.3 Å². The van der Waals surface area contributed by atoms with Gasteiger partial charge in [-0.15, -0.1) is 0 Å². The Kier molecular flexibility index (Phi) is 8.34. The van der Waals surface area contributed by atoms with Crippen molar-refractivity contribution in [1.29, 1.82) is 0 Å². The largest absolute Gasteiger partial charge is 0.497 e. The molecule has 2 aromatic carbocycles. The second kappa shape index (κ2) is 12.0. The molecule has 2 aliphatic heterocycles. The van der Waals surface area contributed by atoms with Crippen molar-refractivity contribution in [2.75, 3.05) is 53.0 Å². The number of hydrazone groups is 1. The number of carbonyl (C=O) groups excluding carboxylic acids is 2. The number of hydrogen-bond donors (Lipinski definition) is 0. The molecule has 5 rings (SSSR count). The lowest BCUT2D eigenvalue weighted by atomic mass is 9.84. The van der Waals surface area contributed by atoms with E-state index in [1.165, 1.54) is 17.1 Å². The third-order valence-corrected chi connectivity index (χ3v) is 7.71. The van der Waals surface area contributed by atoms with Crippen LogP contribution >= 0.6 is 0 Å². The van der Waals surface area contributed by atoms with Crippen molar-refractivity contribution in [3.63, 3.8) is 0 Å². The van der Waals surface area contributed by atoms with Crippen molar-refractivity contribution in [2.45, 2.75) is 31.7 Å². The summed E-state index contributed by atoms with van der Waals surface area (Å²) in [7, 11) is 1.61. The topological polar surface area (TPSA) is 74.7 Å². The molecule has 2 aromatic rings. The Morgan fingerprint density at radius 2 is 1.89 bits per heavy atom. The molecule has 0 bridgehead atoms. The molecule has 1 saturated carbocycles. The lowest BCUT2D eigenvalue weighted by molar-refractivity contribution is -0.145. The highest BCUT2D eigenvalue weighted by atomic mass is 19.1. The Morgan fingerprint density at radius 1 is 1.13 bits per heavy atom. The molecule has 1 saturated heterocycles. The van der Waals surface area contributed by atoms with Gasteiger partial charge in [0, 0.05) is 44.1 Å². The number of hydrogen-bond acceptors (Lipinski definition) is 6. The molecule has 0 unspecified atom stereocenters. The SMILES string of the molecule is COc1cccc(C2=NN(C(=O)CN(CCN3CCOCC3)C(=O)C3CCC3)[C@@H](c3ccc(F)cc3)C2)c1. The fraction of sp³-hybridized carbons (Fsp3) is 0.483. The second-order valence-electron chi connectivity index (χ2n) is 10.1. The van der Waals surface area contributed by atoms with Crippen LogP contribution in [0, 0.1) is 11.7 Å². The summed E-state index contributed by atoms with van der Waals surface area (Å²) < 4.78 is 24.5. The van der Waals surface area contributed by atoms with Crippen molar-refractivity contribution in [3.05, 3.63) is 65.5 Å². The fourth-order valence-corrected chi connectivity index (χ4v) is 5.17. The number of benzene rings is 2. The summed E-state index contributed by atoms with van der Waals surface area (Å²) in [6.45, 7) is 4.18. The van der Waals surface area contributed by atoms with Gasteiger partial charge >= 0.3 is 0 Å². The van der Waals surface area contributed by atoms with Gasteiger partial charge in [-0.1, -0.05) is 30.7 Å². The lowest BCUT2D eigenvalue weighted by Crippen LogP contribution is -2.49. The van der Waals surface area contributed by atoms with Gasteiger partial charge in [-0.3, -0.25) is 14.5 Å². The van der Waals surface area contributed by atoms with Gasteiger partial charge in [0.25, 0.3) is 5.91 Å². The zero-order valence-electron chi connectivity index (χ0n) is 21.9. The zero-order chi connectivity index (χ0) is 26.5. The standard InChI is InChI=1S/C29H35FN4O4/c1-37-25-7-3-6-23(18-25)26-19-27(21-8-10-24(30)11-9-21)34(31-26)28(35)20-33(29(36)22-4-2-5-22)13-12-32-14-16-38-17-15-32/h3,6-11,18,22,27H,2,4-5,12-17,19-20H2,1H3/t27-/m1/s1. The van der Waals surface area contributed by atoms with Crippen LogP contribution in [0.25, 0.3) is 0 Å². The van der Waals surface area contributed by atoms with E-state index in [4.69, 9.17) is 14.6 Å². The van der Waals surface area contributed by atoms with E-state index >= 15 is 0 Å². The fourth-order valence-electron chi connectivity index (χ4n) is 5.17. The number of nitrogens with zero attached hydrogens (tertiary/aromatic N) is 4. The average molecular weight is 523 g/mol. The van der Waals surface area contributed by atoms with E-state index in [-0.39, 0.29) is 36.1 Å². The quantitative estimate of drug-likeness (QED) is 0.504. The minimum absolute atomic E-state index is 0.00481. The van der Waals surface area contributed by atoms with E-state index in [0.29, 0.717) is 38.5 Å². The smallest absolute Gasteiger partial charge is 0.262 e. The van der Waals surface area contributed by atoms with Gasteiger partial charge < -0.3 is 14.4 Å². The first-order valence-electron chi connectivity index (χ1n) is 13.4. The molecule has 202 valence electrons. The number of ether oxygens (including phenoxy) is 2. The number of halogens is 1. The van der Waals surface area contributed by atoms with Crippen molar-refractivity contribution in [3.8, 4) is 5.75 Å². The Hall–Kier alpha value is -3.30. The molecule has 9 heteroatoms. The molecular formula is C29H35FN4O4. The summed E-state index contributed by atoms with van der Waals surface area (Å²) in [5, 5.41) is 6.23. The normalized spacial score (nSPS) is 20.1. The number of amides is 2. The molecule has 1 aliphatic carbocycles. The van der Waals surface area contributed by atoms with Crippen LogP contribution in [-0.2, 0) is 14.3 Å². The van der Waals surface area contributed by atoms with Crippen LogP contribution in [0.3, 0.4) is 0 Å². The predicted octanol–water partition coefficient (Wildman–Crippen LogP) is 3.47. The highest BCUT2D eigenvalue weighted by Crippen LogP contribution is 2.34. The molecule has 0 radical (unpaired) electrons. The summed E-state index contributed by atoms with van der Waals surface area (Å²) in [5.74, 6) is 0.168. The Morgan fingerprint density at radius 3 is 2.58 bits per heavy atom. The van der Waals surface area contributed by atoms with Crippen LogP contribution in [-0.4, -0.2) is 85.4 Å². The van der Waals surface area contributed by atoms with E-state index in [2.05, 4.69) is 4.90 Å². The van der Waals surface area contributed by atoms with E-state index < -0.39 is 0 Å². The second-order valence-corrected chi connectivity index (χ2v) is 10.1. The van der Waals surface area contributed by atoms with Crippen molar-refractivity contribution in [1.82, 2.24) is 14.8 Å². The molecule has 0 aromatic heterocycles. The van der Waals surface area contributed by atoms with Gasteiger partial charge in [0.15, 0.2) is 0 Å². The van der Waals surface area contributed by atoms with E-state index in [9.17, 15) is 14.0 Å². The van der Waals surface area contributed by atoms with Gasteiger partial charge in [0.2, 0.25) is 5.91 Å². The minimum atomic E-state index is -0.385. The number of carbonyl (C=O) groups is 2. The number of morpholine rings is 1. The van der Waals surface area contributed by atoms with Crippen LogP contribution in [0.4, 0.5) is 4.39 Å². The molecule has 1 atom stereocenters. The summed E-state index contributed by atoms with van der Waals surface area (Å²) in [6, 6.07) is 13.4. The lowest BCUT2D eigenvalue weighted by Gasteiger charge is -2.34. The first kappa shape index (κ1) is 26.3. The predicted molar refractivity (Wildman–Crippen MR) is 141 cm³/mol. The van der Waals surface area contributed by atoms with Crippen molar-refractivity contribution < 1.29 is 23.5 Å². The third-order valence-electron chi connectivity index (χ3n) is 7.71. The highest BCUT2D eigenvalue weighted by molar-refractivity contribution is 6.03. The summed E-state index contributed by atoms with van der Waals surface area (Å²) in [4.78, 5) is 31.1. The molecule has 0 spiro atoms. The van der Waals surface area contributed by atoms with Crippen LogP contribution in [0.2, 0.25) is 0 Å². The maximum atomic E-state index is 13.8. The number of methoxy groups -OCH3 is 1. The Bertz CT molecular complexity index is 1160. The monoisotopic (exact) mass is 522 g/mol. The molecule has 0 N–H and O–H groups in total. The van der Waals surface area contributed by atoms with Crippen LogP contribution in [0.5, 0.6) is 5.75 Å². The maximum Gasteiger partial charge on any atom is 0.262 e. The zero-order valence-corrected chi connectivity index (χ0v) is 21.9. The first-order chi connectivity index (χ1) is 18.5. The molecule has 2 fully saturated rings. The van der Waals surface area contributed by atoms with Crippen LogP contribution in [0.1, 0.15) is 42.9 Å². The van der Waals surface area contributed by atoms with E-state index in [1.54, 1.807) is 24.1 Å². The van der Waals surface area contributed by atoms with Gasteiger partial charge in [-0.2, -0.15) is 5.10 Å². The Balaban J connectivity index is 1.37. The van der Waals surface area contributed by atoms with Crippen LogP contribution in [0.15, 0.2) is 53.6 Å². The van der Waals surface area contributed by atoms with E-state index in [0.717, 1.165) is 49.2 Å². The molecule has 8 nitrogen and oxygen atoms in total. The molecule has 38 heavy (non-hydrogen) atoms. The molecule has 3 aliphatic rings. The summed E-state index contributed by atoms with van der Waals surface area (Å²) in [5.41, 5.74) is 2.41. The molecule has 2 amide bonds. The number of rotatable bonds is 9. The average Bonchev–Trinajstić information content (AvgIpc) is 3.37. The van der Waals surface area contributed by atoms with Gasteiger partial charge in [-0.05, 0) is 42.7 Å². The van der Waals surface area contributed by atoms with Gasteiger partial charge in [0.1, 0.15) is 18.1 Å². The highest BCUT2D eigenvalue weighted by Gasteiger charge is 2.36. The van der Waals surface area contributed by atoms with Crippen LogP contribution < -0.4 is 4.74 Å². The third kappa shape index (κ3) is 6.05. The summed E-state index contributed by atoms with van der Waals surface area (Å²) in [6.07, 6.45) is 3.28. The van der Waals surface area contributed by atoms with Gasteiger partial charge in [-0.25, -0.2) is 9.40 Å². The first-order valence-corrected chi connectivity index (χ1v) is 13.4.